The molecule has 0 saturated heterocycles. The summed E-state index contributed by atoms with van der Waals surface area (Å²) in [4.78, 5) is 18.9. The molecule has 1 heterocycles. The van der Waals surface area contributed by atoms with Gasteiger partial charge in [0, 0.05) is 5.02 Å². The summed E-state index contributed by atoms with van der Waals surface area (Å²) in [6, 6.07) is 15.6. The van der Waals surface area contributed by atoms with Crippen molar-refractivity contribution in [2.45, 2.75) is 0 Å². The van der Waals surface area contributed by atoms with Crippen LogP contribution in [-0.4, -0.2) is 34.3 Å². The average Bonchev–Trinajstić information content (AvgIpc) is 3.10. The van der Waals surface area contributed by atoms with Gasteiger partial charge in [0.1, 0.15) is 24.0 Å². The first-order valence-electron chi connectivity index (χ1n) is 7.88. The van der Waals surface area contributed by atoms with Crippen molar-refractivity contribution in [3.05, 3.63) is 65.1 Å². The monoisotopic (exact) mass is 383 g/mol. The van der Waals surface area contributed by atoms with Crippen LogP contribution >= 0.6 is 11.6 Å². The zero-order valence-electron chi connectivity index (χ0n) is 14.0. The third-order valence-electron chi connectivity index (χ3n) is 3.57. The molecule has 0 aliphatic heterocycles. The van der Waals surface area contributed by atoms with Gasteiger partial charge in [-0.25, -0.2) is 9.78 Å². The molecule has 136 valence electrons. The Morgan fingerprint density at radius 1 is 1.19 bits per heavy atom. The number of para-hydroxylation sites is 2. The number of hydrogen-bond donors (Lipinski definition) is 2. The summed E-state index contributed by atoms with van der Waals surface area (Å²) in [7, 11) is 0. The standard InChI is InChI=1S/C19H14ClN3O4/c20-12-5-7-13(8-6-12)26-11-18(25)27-10-17(24)14(9-21)19-22-15-3-1-2-4-16(15)23-19/h1-8,24H,10-11H2,(H,22,23). The topological polar surface area (TPSA) is 108 Å². The molecule has 0 aliphatic rings. The lowest BCUT2D eigenvalue weighted by molar-refractivity contribution is -0.145. The number of aliphatic hydroxyl groups excluding tert-OH is 1. The number of rotatable bonds is 6. The number of nitrogens with one attached hydrogen (secondary N) is 1. The normalized spacial score (nSPS) is 11.6. The van der Waals surface area contributed by atoms with Gasteiger partial charge in [-0.05, 0) is 36.4 Å². The highest BCUT2D eigenvalue weighted by molar-refractivity contribution is 6.30. The van der Waals surface area contributed by atoms with E-state index in [1.165, 1.54) is 0 Å². The van der Waals surface area contributed by atoms with Crippen LogP contribution in [0.4, 0.5) is 0 Å². The molecule has 0 aliphatic carbocycles. The van der Waals surface area contributed by atoms with Crippen molar-refractivity contribution in [3.8, 4) is 11.8 Å². The smallest absolute Gasteiger partial charge is 0.344 e. The second-order valence-electron chi connectivity index (χ2n) is 5.44. The molecule has 3 aromatic rings. The zero-order valence-corrected chi connectivity index (χ0v) is 14.7. The summed E-state index contributed by atoms with van der Waals surface area (Å²) in [6.07, 6.45) is 0. The van der Waals surface area contributed by atoms with Crippen molar-refractivity contribution in [1.29, 1.82) is 5.26 Å². The van der Waals surface area contributed by atoms with E-state index in [0.717, 1.165) is 5.52 Å². The summed E-state index contributed by atoms with van der Waals surface area (Å²) >= 11 is 5.76. The van der Waals surface area contributed by atoms with Crippen LogP contribution < -0.4 is 4.74 Å². The van der Waals surface area contributed by atoms with Gasteiger partial charge in [-0.1, -0.05) is 23.7 Å². The van der Waals surface area contributed by atoms with Gasteiger partial charge in [-0.2, -0.15) is 5.26 Å². The molecule has 0 atom stereocenters. The van der Waals surface area contributed by atoms with Gasteiger partial charge in [0.15, 0.2) is 18.2 Å². The molecule has 3 rings (SSSR count). The Morgan fingerprint density at radius 3 is 2.63 bits per heavy atom. The molecule has 0 unspecified atom stereocenters. The Bertz CT molecular complexity index is 1000. The van der Waals surface area contributed by atoms with E-state index in [2.05, 4.69) is 9.97 Å². The van der Waals surface area contributed by atoms with E-state index in [0.29, 0.717) is 16.3 Å². The Kier molecular flexibility index (Phi) is 5.59. The SMILES string of the molecule is N#CC(=C(O)COC(=O)COc1ccc(Cl)cc1)c1nc2ccccc2[nH]1. The predicted octanol–water partition coefficient (Wildman–Crippen LogP) is 3.63. The maximum absolute atomic E-state index is 11.8. The van der Waals surface area contributed by atoms with Crippen LogP contribution in [0.5, 0.6) is 5.75 Å². The number of allylic oxidation sites excluding steroid dienone is 1. The first-order chi connectivity index (χ1) is 13.1. The molecule has 2 aromatic carbocycles. The molecule has 1 aromatic heterocycles. The minimum Gasteiger partial charge on any atom is -0.507 e. The maximum atomic E-state index is 11.8. The number of imidazole rings is 1. The van der Waals surface area contributed by atoms with Gasteiger partial charge >= 0.3 is 5.97 Å². The second-order valence-corrected chi connectivity index (χ2v) is 5.88. The van der Waals surface area contributed by atoms with Crippen molar-refractivity contribution in [2.75, 3.05) is 13.2 Å². The van der Waals surface area contributed by atoms with Crippen LogP contribution in [0.3, 0.4) is 0 Å². The number of aromatic nitrogens is 2. The molecule has 2 N–H and O–H groups in total. The fraction of sp³-hybridized carbons (Fsp3) is 0.105. The molecule has 0 fully saturated rings. The first kappa shape index (κ1) is 18.3. The van der Waals surface area contributed by atoms with Crippen molar-refractivity contribution in [1.82, 2.24) is 9.97 Å². The summed E-state index contributed by atoms with van der Waals surface area (Å²) < 4.78 is 10.2. The van der Waals surface area contributed by atoms with Crippen LogP contribution in [-0.2, 0) is 9.53 Å². The number of nitrogens with zero attached hydrogens (tertiary/aromatic N) is 2. The maximum Gasteiger partial charge on any atom is 0.344 e. The van der Waals surface area contributed by atoms with Crippen molar-refractivity contribution >= 4 is 34.2 Å². The molecule has 0 bridgehead atoms. The molecule has 0 radical (unpaired) electrons. The van der Waals surface area contributed by atoms with Gasteiger partial charge in [0.2, 0.25) is 0 Å². The Morgan fingerprint density at radius 2 is 1.93 bits per heavy atom. The first-order valence-corrected chi connectivity index (χ1v) is 8.26. The molecule has 8 heteroatoms. The predicted molar refractivity (Wildman–Crippen MR) is 99.2 cm³/mol. The number of H-pyrrole nitrogens is 1. The number of carbonyl (C=O) groups excluding carboxylic acids is 1. The van der Waals surface area contributed by atoms with Gasteiger partial charge in [0.05, 0.1) is 11.0 Å². The second kappa shape index (κ2) is 8.25. The minimum atomic E-state index is -0.696. The van der Waals surface area contributed by atoms with Gasteiger partial charge in [-0.15, -0.1) is 0 Å². The number of benzene rings is 2. The molecule has 0 spiro atoms. The van der Waals surface area contributed by atoms with Crippen LogP contribution in [0.15, 0.2) is 54.3 Å². The highest BCUT2D eigenvalue weighted by Crippen LogP contribution is 2.19. The highest BCUT2D eigenvalue weighted by atomic mass is 35.5. The van der Waals surface area contributed by atoms with Crippen molar-refractivity contribution < 1.29 is 19.4 Å². The van der Waals surface area contributed by atoms with Crippen LogP contribution in [0, 0.1) is 11.3 Å². The van der Waals surface area contributed by atoms with E-state index in [9.17, 15) is 15.2 Å². The third-order valence-corrected chi connectivity index (χ3v) is 3.82. The fourth-order valence-electron chi connectivity index (χ4n) is 2.26. The van der Waals surface area contributed by atoms with E-state index in [4.69, 9.17) is 21.1 Å². The Hall–Kier alpha value is -3.50. The average molecular weight is 384 g/mol. The van der Waals surface area contributed by atoms with Crippen LogP contribution in [0.1, 0.15) is 5.82 Å². The van der Waals surface area contributed by atoms with Crippen molar-refractivity contribution in [3.63, 3.8) is 0 Å². The molecule has 0 amide bonds. The minimum absolute atomic E-state index is 0.0994. The summed E-state index contributed by atoms with van der Waals surface area (Å²) in [5.41, 5.74) is 1.28. The summed E-state index contributed by atoms with van der Waals surface area (Å²) in [6.45, 7) is -0.815. The number of fused-ring (bicyclic) bond motifs is 1. The lowest BCUT2D eigenvalue weighted by Gasteiger charge is -2.07. The number of halogens is 1. The number of nitriles is 1. The van der Waals surface area contributed by atoms with Crippen LogP contribution in [0.25, 0.3) is 16.6 Å². The van der Waals surface area contributed by atoms with Crippen LogP contribution in [0.2, 0.25) is 5.02 Å². The fourth-order valence-corrected chi connectivity index (χ4v) is 2.39. The van der Waals surface area contributed by atoms with E-state index in [1.807, 2.05) is 18.2 Å². The number of hydrogen-bond acceptors (Lipinski definition) is 6. The van der Waals surface area contributed by atoms with Gasteiger partial charge < -0.3 is 19.6 Å². The highest BCUT2D eigenvalue weighted by Gasteiger charge is 2.15. The largest absolute Gasteiger partial charge is 0.507 e. The van der Waals surface area contributed by atoms with E-state index in [-0.39, 0.29) is 18.0 Å². The Balaban J connectivity index is 1.61. The van der Waals surface area contributed by atoms with E-state index < -0.39 is 18.3 Å². The third kappa shape index (κ3) is 4.57. The number of esters is 1. The summed E-state index contributed by atoms with van der Waals surface area (Å²) in [5.74, 6) is -0.449. The summed E-state index contributed by atoms with van der Waals surface area (Å²) in [5, 5.41) is 20.0. The molecule has 7 nitrogen and oxygen atoms in total. The van der Waals surface area contributed by atoms with E-state index >= 15 is 0 Å². The Labute approximate surface area is 159 Å². The van der Waals surface area contributed by atoms with E-state index in [1.54, 1.807) is 36.4 Å². The molecule has 0 saturated carbocycles. The lowest BCUT2D eigenvalue weighted by atomic mass is 10.2. The molecular formula is C19H14ClN3O4. The van der Waals surface area contributed by atoms with Gasteiger partial charge in [-0.3, -0.25) is 0 Å². The number of carbonyl (C=O) groups is 1. The quantitative estimate of drug-likeness (QED) is 0.382. The number of ether oxygens (including phenoxy) is 2. The van der Waals surface area contributed by atoms with Crippen molar-refractivity contribution in [2.24, 2.45) is 0 Å². The molecular weight excluding hydrogens is 370 g/mol. The number of aromatic amines is 1. The molecule has 27 heavy (non-hydrogen) atoms. The number of aliphatic hydroxyl groups is 1. The lowest BCUT2D eigenvalue weighted by Crippen LogP contribution is -2.16. The van der Waals surface area contributed by atoms with Gasteiger partial charge in [0.25, 0.3) is 0 Å². The zero-order chi connectivity index (χ0) is 19.2.